The Morgan fingerprint density at radius 1 is 1.28 bits per heavy atom. The molecule has 1 amide bonds. The molecule has 1 fully saturated rings. The standard InChI is InChI=1S/C19H28N2O4/c1-5-6-15-11-16(12-17(24-3)18(15)25-4)19(23)21-9-7-20(8-10-21)13-14(2)22/h5,11-12,14,22H,1,6-10,13H2,2-4H3/t14-/m0/s1. The van der Waals surface area contributed by atoms with Crippen LogP contribution in [0.25, 0.3) is 0 Å². The van der Waals surface area contributed by atoms with Crippen molar-refractivity contribution in [1.82, 2.24) is 9.80 Å². The number of nitrogens with zero attached hydrogens (tertiary/aromatic N) is 2. The molecule has 1 aromatic rings. The zero-order chi connectivity index (χ0) is 18.4. The van der Waals surface area contributed by atoms with Crippen molar-refractivity contribution < 1.29 is 19.4 Å². The number of methoxy groups -OCH3 is 2. The first kappa shape index (κ1) is 19.3. The summed E-state index contributed by atoms with van der Waals surface area (Å²) in [5.74, 6) is 1.18. The van der Waals surface area contributed by atoms with Crippen LogP contribution in [0.4, 0.5) is 0 Å². The number of hydrogen-bond donors (Lipinski definition) is 1. The lowest BCUT2D eigenvalue weighted by Gasteiger charge is -2.35. The van der Waals surface area contributed by atoms with Gasteiger partial charge in [0.05, 0.1) is 20.3 Å². The molecular formula is C19H28N2O4. The van der Waals surface area contributed by atoms with E-state index in [4.69, 9.17) is 9.47 Å². The molecule has 1 atom stereocenters. The molecule has 6 heteroatoms. The minimum absolute atomic E-state index is 0.0111. The summed E-state index contributed by atoms with van der Waals surface area (Å²) in [5, 5.41) is 9.49. The van der Waals surface area contributed by atoms with Crippen LogP contribution in [0.15, 0.2) is 24.8 Å². The maximum Gasteiger partial charge on any atom is 0.254 e. The molecule has 6 nitrogen and oxygen atoms in total. The Kier molecular flexibility index (Phi) is 6.84. The molecule has 1 aromatic carbocycles. The predicted molar refractivity (Wildman–Crippen MR) is 97.5 cm³/mol. The lowest BCUT2D eigenvalue weighted by molar-refractivity contribution is 0.0553. The Morgan fingerprint density at radius 3 is 2.48 bits per heavy atom. The normalized spacial score (nSPS) is 16.4. The minimum Gasteiger partial charge on any atom is -0.493 e. The number of allylic oxidation sites excluding steroid dienone is 1. The fourth-order valence-electron chi connectivity index (χ4n) is 3.16. The molecule has 138 valence electrons. The molecule has 0 saturated carbocycles. The number of amides is 1. The summed E-state index contributed by atoms with van der Waals surface area (Å²) in [6.07, 6.45) is 2.03. The van der Waals surface area contributed by atoms with Crippen molar-refractivity contribution in [3.8, 4) is 11.5 Å². The molecule has 0 bridgehead atoms. The number of piperazine rings is 1. The summed E-state index contributed by atoms with van der Waals surface area (Å²) >= 11 is 0. The third-order valence-electron chi connectivity index (χ3n) is 4.35. The number of aliphatic hydroxyl groups excluding tert-OH is 1. The third-order valence-corrected chi connectivity index (χ3v) is 4.35. The summed E-state index contributed by atoms with van der Waals surface area (Å²) in [6, 6.07) is 3.59. The van der Waals surface area contributed by atoms with Crippen molar-refractivity contribution in [3.63, 3.8) is 0 Å². The molecule has 1 aliphatic rings. The third kappa shape index (κ3) is 4.74. The van der Waals surface area contributed by atoms with Gasteiger partial charge in [0.2, 0.25) is 0 Å². The van der Waals surface area contributed by atoms with Crippen LogP contribution in [0, 0.1) is 0 Å². The molecule has 1 N–H and O–H groups in total. The molecule has 0 aromatic heterocycles. The van der Waals surface area contributed by atoms with Crippen molar-refractivity contribution in [3.05, 3.63) is 35.9 Å². The van der Waals surface area contributed by atoms with E-state index < -0.39 is 0 Å². The summed E-state index contributed by atoms with van der Waals surface area (Å²) in [4.78, 5) is 16.9. The summed E-state index contributed by atoms with van der Waals surface area (Å²) in [6.45, 7) is 9.02. The molecule has 25 heavy (non-hydrogen) atoms. The fraction of sp³-hybridized carbons (Fsp3) is 0.526. The Balaban J connectivity index is 2.16. The number of β-amino-alcohol motifs (C(OH)–C–C–N with tert-alkyl or cyclic N) is 1. The van der Waals surface area contributed by atoms with Gasteiger partial charge in [0.15, 0.2) is 11.5 Å². The van der Waals surface area contributed by atoms with Crippen LogP contribution < -0.4 is 9.47 Å². The second-order valence-electron chi connectivity index (χ2n) is 6.31. The highest BCUT2D eigenvalue weighted by molar-refractivity contribution is 5.95. The zero-order valence-corrected chi connectivity index (χ0v) is 15.3. The number of aliphatic hydroxyl groups is 1. The van der Waals surface area contributed by atoms with Crippen LogP contribution in [0.3, 0.4) is 0 Å². The first-order valence-corrected chi connectivity index (χ1v) is 8.55. The molecule has 0 spiro atoms. The Labute approximate surface area is 149 Å². The van der Waals surface area contributed by atoms with Gasteiger partial charge in [0.1, 0.15) is 0 Å². The van der Waals surface area contributed by atoms with Crippen LogP contribution in [0.5, 0.6) is 11.5 Å². The van der Waals surface area contributed by atoms with Gasteiger partial charge >= 0.3 is 0 Å². The summed E-state index contributed by atoms with van der Waals surface area (Å²) in [5.41, 5.74) is 1.48. The highest BCUT2D eigenvalue weighted by Gasteiger charge is 2.24. The number of rotatable bonds is 7. The van der Waals surface area contributed by atoms with E-state index in [1.165, 1.54) is 0 Å². The van der Waals surface area contributed by atoms with Crippen molar-refractivity contribution >= 4 is 5.91 Å². The van der Waals surface area contributed by atoms with Crippen molar-refractivity contribution in [1.29, 1.82) is 0 Å². The zero-order valence-electron chi connectivity index (χ0n) is 15.3. The van der Waals surface area contributed by atoms with E-state index in [-0.39, 0.29) is 12.0 Å². The molecule has 0 aliphatic carbocycles. The maximum absolute atomic E-state index is 12.9. The van der Waals surface area contributed by atoms with E-state index in [9.17, 15) is 9.90 Å². The van der Waals surface area contributed by atoms with Gasteiger partial charge in [-0.05, 0) is 25.5 Å². The number of hydrogen-bond acceptors (Lipinski definition) is 5. The predicted octanol–water partition coefficient (Wildman–Crippen LogP) is 1.57. The van der Waals surface area contributed by atoms with E-state index in [1.54, 1.807) is 33.3 Å². The SMILES string of the molecule is C=CCc1cc(C(=O)N2CCN(C[C@H](C)O)CC2)cc(OC)c1OC. The molecule has 1 aliphatic heterocycles. The molecule has 1 saturated heterocycles. The van der Waals surface area contributed by atoms with E-state index >= 15 is 0 Å². The number of carbonyl (C=O) groups is 1. The van der Waals surface area contributed by atoms with Gasteiger partial charge in [0.25, 0.3) is 5.91 Å². The average Bonchev–Trinajstić information content (AvgIpc) is 2.60. The van der Waals surface area contributed by atoms with Gasteiger partial charge in [-0.15, -0.1) is 6.58 Å². The second-order valence-corrected chi connectivity index (χ2v) is 6.31. The van der Waals surface area contributed by atoms with Gasteiger partial charge in [-0.1, -0.05) is 6.08 Å². The van der Waals surface area contributed by atoms with Crippen LogP contribution in [-0.4, -0.2) is 73.9 Å². The monoisotopic (exact) mass is 348 g/mol. The fourth-order valence-corrected chi connectivity index (χ4v) is 3.16. The van der Waals surface area contributed by atoms with Crippen LogP contribution in [0.1, 0.15) is 22.8 Å². The van der Waals surface area contributed by atoms with Gasteiger partial charge in [-0.25, -0.2) is 0 Å². The van der Waals surface area contributed by atoms with Gasteiger partial charge in [-0.2, -0.15) is 0 Å². The highest BCUT2D eigenvalue weighted by atomic mass is 16.5. The minimum atomic E-state index is -0.352. The van der Waals surface area contributed by atoms with Crippen molar-refractivity contribution in [2.75, 3.05) is 46.9 Å². The highest BCUT2D eigenvalue weighted by Crippen LogP contribution is 2.33. The lowest BCUT2D eigenvalue weighted by Crippen LogP contribution is -2.50. The Hall–Kier alpha value is -2.05. The van der Waals surface area contributed by atoms with Gasteiger partial charge in [0, 0.05) is 43.9 Å². The van der Waals surface area contributed by atoms with E-state index in [0.29, 0.717) is 43.1 Å². The maximum atomic E-state index is 12.9. The number of ether oxygens (including phenoxy) is 2. The molecule has 2 rings (SSSR count). The lowest BCUT2D eigenvalue weighted by atomic mass is 10.0. The van der Waals surface area contributed by atoms with Crippen LogP contribution in [0.2, 0.25) is 0 Å². The number of benzene rings is 1. The quantitative estimate of drug-likeness (QED) is 0.758. The summed E-state index contributed by atoms with van der Waals surface area (Å²) < 4.78 is 10.8. The summed E-state index contributed by atoms with van der Waals surface area (Å²) in [7, 11) is 3.16. The molecular weight excluding hydrogens is 320 g/mol. The second kappa shape index (κ2) is 8.87. The Morgan fingerprint density at radius 2 is 1.96 bits per heavy atom. The van der Waals surface area contributed by atoms with Gasteiger partial charge in [-0.3, -0.25) is 9.69 Å². The molecule has 0 radical (unpaired) electrons. The first-order valence-electron chi connectivity index (χ1n) is 8.55. The van der Waals surface area contributed by atoms with Crippen molar-refractivity contribution in [2.45, 2.75) is 19.4 Å². The van der Waals surface area contributed by atoms with E-state index in [1.807, 2.05) is 11.0 Å². The van der Waals surface area contributed by atoms with Crippen LogP contribution >= 0.6 is 0 Å². The van der Waals surface area contributed by atoms with Gasteiger partial charge < -0.3 is 19.5 Å². The van der Waals surface area contributed by atoms with E-state index in [0.717, 1.165) is 18.7 Å². The molecule has 1 heterocycles. The average molecular weight is 348 g/mol. The topological polar surface area (TPSA) is 62.2 Å². The smallest absolute Gasteiger partial charge is 0.254 e. The first-order chi connectivity index (χ1) is 12.0. The number of carbonyl (C=O) groups excluding carboxylic acids is 1. The Bertz CT molecular complexity index is 608. The molecule has 0 unspecified atom stereocenters. The largest absolute Gasteiger partial charge is 0.493 e. The van der Waals surface area contributed by atoms with Crippen LogP contribution in [-0.2, 0) is 6.42 Å². The van der Waals surface area contributed by atoms with Crippen molar-refractivity contribution in [2.24, 2.45) is 0 Å². The van der Waals surface area contributed by atoms with E-state index in [2.05, 4.69) is 11.5 Å².